The van der Waals surface area contributed by atoms with E-state index in [-0.39, 0.29) is 25.7 Å². The molecule has 0 rings (SSSR count). The van der Waals surface area contributed by atoms with Crippen LogP contribution in [0.3, 0.4) is 0 Å². The van der Waals surface area contributed by atoms with Crippen molar-refractivity contribution in [2.45, 2.75) is 290 Å². The molecule has 0 bridgehead atoms. The van der Waals surface area contributed by atoms with Crippen LogP contribution >= 0.6 is 15.6 Å². The quantitative estimate of drug-likeness (QED) is 0.0222. The number of aliphatic hydroxyl groups is 1. The first-order valence-electron chi connectivity index (χ1n) is 29.3. The van der Waals surface area contributed by atoms with E-state index < -0.39 is 97.5 Å². The summed E-state index contributed by atoms with van der Waals surface area (Å²) in [5, 5.41) is 10.4. The van der Waals surface area contributed by atoms with Gasteiger partial charge in [0.2, 0.25) is 0 Å². The lowest BCUT2D eigenvalue weighted by Gasteiger charge is -2.21. The number of esters is 4. The van der Waals surface area contributed by atoms with Gasteiger partial charge in [-0.1, -0.05) is 220 Å². The Bertz CT molecular complexity index is 1450. The summed E-state index contributed by atoms with van der Waals surface area (Å²) < 4.78 is 67.1. The molecule has 74 heavy (non-hydrogen) atoms. The van der Waals surface area contributed by atoms with Crippen LogP contribution in [0.1, 0.15) is 272 Å². The molecule has 0 aliphatic rings. The van der Waals surface area contributed by atoms with Crippen molar-refractivity contribution in [3.05, 3.63) is 0 Å². The zero-order valence-electron chi connectivity index (χ0n) is 46.8. The molecule has 19 heteroatoms. The lowest BCUT2D eigenvalue weighted by molar-refractivity contribution is -0.161. The Balaban J connectivity index is 5.04. The molecular formula is C55H106O17P2. The van der Waals surface area contributed by atoms with Crippen LogP contribution in [-0.4, -0.2) is 96.7 Å². The van der Waals surface area contributed by atoms with E-state index in [2.05, 4.69) is 27.7 Å². The Kier molecular flexibility index (Phi) is 49.2. The number of aliphatic hydroxyl groups excluding tert-OH is 1. The van der Waals surface area contributed by atoms with Crippen molar-refractivity contribution in [2.75, 3.05) is 39.6 Å². The predicted octanol–water partition coefficient (Wildman–Crippen LogP) is 14.4. The largest absolute Gasteiger partial charge is 0.472 e. The van der Waals surface area contributed by atoms with Crippen molar-refractivity contribution in [1.82, 2.24) is 0 Å². The van der Waals surface area contributed by atoms with E-state index in [1.165, 1.54) is 83.5 Å². The van der Waals surface area contributed by atoms with Crippen molar-refractivity contribution in [1.29, 1.82) is 0 Å². The first kappa shape index (κ1) is 72.1. The maximum absolute atomic E-state index is 12.9. The Labute approximate surface area is 447 Å². The molecule has 0 radical (unpaired) electrons. The highest BCUT2D eigenvalue weighted by atomic mass is 31.2. The van der Waals surface area contributed by atoms with Crippen LogP contribution in [0.5, 0.6) is 0 Å². The van der Waals surface area contributed by atoms with E-state index in [1.807, 2.05) is 0 Å². The Morgan fingerprint density at radius 3 is 0.797 bits per heavy atom. The van der Waals surface area contributed by atoms with E-state index in [4.69, 9.17) is 37.0 Å². The van der Waals surface area contributed by atoms with Gasteiger partial charge in [0, 0.05) is 25.7 Å². The molecule has 0 amide bonds. The molecule has 0 saturated carbocycles. The van der Waals surface area contributed by atoms with Gasteiger partial charge in [-0.05, 0) is 25.7 Å². The molecule has 0 aromatic rings. The normalized spacial score (nSPS) is 14.4. The summed E-state index contributed by atoms with van der Waals surface area (Å²) in [5.41, 5.74) is 0. The second-order valence-corrected chi connectivity index (χ2v) is 22.9. The molecule has 0 heterocycles. The third-order valence-electron chi connectivity index (χ3n) is 12.6. The van der Waals surface area contributed by atoms with Crippen LogP contribution in [0.15, 0.2) is 0 Å². The number of unbranched alkanes of at least 4 members (excludes halogenated alkanes) is 30. The molecule has 17 nitrogen and oxygen atoms in total. The fourth-order valence-electron chi connectivity index (χ4n) is 8.04. The number of rotatable bonds is 56. The Morgan fingerprint density at radius 1 is 0.324 bits per heavy atom. The van der Waals surface area contributed by atoms with Crippen LogP contribution in [-0.2, 0) is 65.4 Å². The number of phosphoric acid groups is 2. The van der Waals surface area contributed by atoms with Gasteiger partial charge in [0.25, 0.3) is 0 Å². The summed E-state index contributed by atoms with van der Waals surface area (Å²) in [5.74, 6) is -2.17. The van der Waals surface area contributed by atoms with E-state index in [0.717, 1.165) is 109 Å². The van der Waals surface area contributed by atoms with Crippen LogP contribution < -0.4 is 0 Å². The first-order valence-corrected chi connectivity index (χ1v) is 32.3. The highest BCUT2D eigenvalue weighted by Gasteiger charge is 2.30. The van der Waals surface area contributed by atoms with Crippen LogP contribution in [0.4, 0.5) is 0 Å². The molecule has 0 aromatic heterocycles. The van der Waals surface area contributed by atoms with Crippen LogP contribution in [0.2, 0.25) is 0 Å². The summed E-state index contributed by atoms with van der Waals surface area (Å²) in [7, 11) is -9.84. The predicted molar refractivity (Wildman–Crippen MR) is 289 cm³/mol. The van der Waals surface area contributed by atoms with E-state index in [9.17, 15) is 43.2 Å². The fraction of sp³-hybridized carbons (Fsp3) is 0.927. The molecule has 0 aliphatic carbocycles. The molecule has 0 aromatic carbocycles. The minimum absolute atomic E-state index is 0.0989. The minimum atomic E-state index is -4.93. The smallest absolute Gasteiger partial charge is 0.462 e. The van der Waals surface area contributed by atoms with Crippen LogP contribution in [0, 0.1) is 0 Å². The molecule has 5 atom stereocenters. The zero-order chi connectivity index (χ0) is 54.8. The number of hydrogen-bond donors (Lipinski definition) is 3. The van der Waals surface area contributed by atoms with E-state index in [0.29, 0.717) is 25.7 Å². The summed E-state index contributed by atoms with van der Waals surface area (Å²) in [6.07, 6.45) is 33.0. The summed E-state index contributed by atoms with van der Waals surface area (Å²) in [6.45, 7) is 4.60. The standard InChI is InChI=1S/C55H106O17P2/c1-5-9-13-17-19-20-21-22-23-24-25-26-27-28-30-34-38-42-55(60)72-51(46-66-53(58)40-36-33-29-18-14-10-6-2)48-70-74(63,64)68-44-49(56)43-67-73(61,62)69-47-50(71-54(59)41-37-32-16-12-8-4)45-65-52(57)39-35-31-15-11-7-3/h49-51,56H,5-48H2,1-4H3,(H,61,62)(H,63,64)/t49-,50+,51+/m0/s1. The van der Waals surface area contributed by atoms with Gasteiger partial charge in [-0.15, -0.1) is 0 Å². The SMILES string of the molecule is CCCCCCCCCCCCCCCCCCCC(=O)O[C@H](COC(=O)CCCCCCCCC)COP(=O)(O)OC[C@@H](O)COP(=O)(O)OC[C@@H](COC(=O)CCCCCCC)OC(=O)CCCCCCC. The molecule has 3 N–H and O–H groups in total. The van der Waals surface area contributed by atoms with Crippen molar-refractivity contribution < 1.29 is 80.2 Å². The Morgan fingerprint density at radius 2 is 0.541 bits per heavy atom. The minimum Gasteiger partial charge on any atom is -0.462 e. The summed E-state index contributed by atoms with van der Waals surface area (Å²) in [4.78, 5) is 71.1. The second-order valence-electron chi connectivity index (χ2n) is 20.0. The number of hydrogen-bond acceptors (Lipinski definition) is 15. The van der Waals surface area contributed by atoms with Crippen molar-refractivity contribution in [3.63, 3.8) is 0 Å². The van der Waals surface area contributed by atoms with Gasteiger partial charge in [-0.25, -0.2) is 9.13 Å². The molecule has 438 valence electrons. The summed E-state index contributed by atoms with van der Waals surface area (Å²) in [6, 6.07) is 0. The molecular weight excluding hydrogens is 995 g/mol. The number of phosphoric ester groups is 2. The maximum Gasteiger partial charge on any atom is 0.472 e. The Hall–Kier alpha value is -1.94. The monoisotopic (exact) mass is 1100 g/mol. The van der Waals surface area contributed by atoms with Crippen LogP contribution in [0.25, 0.3) is 0 Å². The van der Waals surface area contributed by atoms with E-state index >= 15 is 0 Å². The van der Waals surface area contributed by atoms with Gasteiger partial charge in [0.1, 0.15) is 19.3 Å². The number of carbonyl (C=O) groups excluding carboxylic acids is 4. The molecule has 0 fully saturated rings. The first-order chi connectivity index (χ1) is 35.7. The second kappa shape index (κ2) is 50.6. The van der Waals surface area contributed by atoms with Gasteiger partial charge in [0.05, 0.1) is 26.4 Å². The average molecular weight is 1100 g/mol. The maximum atomic E-state index is 12.9. The third-order valence-corrected chi connectivity index (χ3v) is 14.5. The van der Waals surface area contributed by atoms with Gasteiger partial charge < -0.3 is 33.8 Å². The molecule has 2 unspecified atom stereocenters. The molecule has 0 saturated heterocycles. The van der Waals surface area contributed by atoms with Crippen molar-refractivity contribution in [2.24, 2.45) is 0 Å². The fourth-order valence-corrected chi connectivity index (χ4v) is 9.62. The zero-order valence-corrected chi connectivity index (χ0v) is 48.6. The number of carbonyl (C=O) groups is 4. The topological polar surface area (TPSA) is 237 Å². The third kappa shape index (κ3) is 49.6. The van der Waals surface area contributed by atoms with E-state index in [1.54, 1.807) is 0 Å². The van der Waals surface area contributed by atoms with Gasteiger partial charge >= 0.3 is 39.5 Å². The highest BCUT2D eigenvalue weighted by Crippen LogP contribution is 2.45. The lowest BCUT2D eigenvalue weighted by Crippen LogP contribution is -2.30. The van der Waals surface area contributed by atoms with Gasteiger partial charge in [-0.2, -0.15) is 0 Å². The molecule has 0 spiro atoms. The van der Waals surface area contributed by atoms with Crippen molar-refractivity contribution in [3.8, 4) is 0 Å². The molecule has 0 aliphatic heterocycles. The number of ether oxygens (including phenoxy) is 4. The highest BCUT2D eigenvalue weighted by molar-refractivity contribution is 7.47. The van der Waals surface area contributed by atoms with Gasteiger partial charge in [-0.3, -0.25) is 37.3 Å². The average Bonchev–Trinajstić information content (AvgIpc) is 3.37. The van der Waals surface area contributed by atoms with Crippen molar-refractivity contribution >= 4 is 39.5 Å². The lowest BCUT2D eigenvalue weighted by atomic mass is 10.0. The van der Waals surface area contributed by atoms with Gasteiger partial charge in [0.15, 0.2) is 12.2 Å². The summed E-state index contributed by atoms with van der Waals surface area (Å²) >= 11 is 0.